The minimum Gasteiger partial charge on any atom is -0.380 e. The molecule has 1 aliphatic heterocycles. The summed E-state index contributed by atoms with van der Waals surface area (Å²) >= 11 is 0. The molecule has 2 rings (SSSR count). The summed E-state index contributed by atoms with van der Waals surface area (Å²) < 4.78 is 5.42. The normalized spacial score (nSPS) is 33.9. The van der Waals surface area contributed by atoms with E-state index in [0.717, 1.165) is 51.7 Å². The second-order valence-corrected chi connectivity index (χ2v) is 6.96. The summed E-state index contributed by atoms with van der Waals surface area (Å²) in [5.41, 5.74) is 5.27. The Morgan fingerprint density at radius 1 is 1.48 bits per heavy atom. The molecule has 1 saturated heterocycles. The summed E-state index contributed by atoms with van der Waals surface area (Å²) in [6.07, 6.45) is 5.61. The van der Waals surface area contributed by atoms with Gasteiger partial charge in [-0.3, -0.25) is 4.79 Å². The van der Waals surface area contributed by atoms with E-state index in [-0.39, 0.29) is 11.9 Å². The third kappa shape index (κ3) is 3.76. The van der Waals surface area contributed by atoms with E-state index in [1.165, 1.54) is 0 Å². The number of hydrogen-bond acceptors (Lipinski definition) is 4. The van der Waals surface area contributed by atoms with Crippen molar-refractivity contribution >= 4 is 5.91 Å². The van der Waals surface area contributed by atoms with Crippen LogP contribution in [0.3, 0.4) is 0 Å². The Hall–Kier alpha value is -0.650. The zero-order chi connectivity index (χ0) is 15.5. The van der Waals surface area contributed by atoms with Crippen molar-refractivity contribution in [2.24, 2.45) is 11.7 Å². The monoisotopic (exact) mass is 297 g/mol. The van der Waals surface area contributed by atoms with Crippen LogP contribution in [0, 0.1) is 5.92 Å². The molecule has 5 nitrogen and oxygen atoms in total. The van der Waals surface area contributed by atoms with Crippen molar-refractivity contribution in [2.75, 3.05) is 26.7 Å². The van der Waals surface area contributed by atoms with Crippen molar-refractivity contribution in [3.8, 4) is 0 Å². The maximum atomic E-state index is 12.1. The summed E-state index contributed by atoms with van der Waals surface area (Å²) in [6.45, 7) is 7.34. The summed E-state index contributed by atoms with van der Waals surface area (Å²) in [5, 5.41) is 3.48. The minimum absolute atomic E-state index is 0.171. The molecule has 2 aliphatic rings. The molecule has 3 atom stereocenters. The Morgan fingerprint density at radius 2 is 2.24 bits per heavy atom. The van der Waals surface area contributed by atoms with Crippen LogP contribution >= 0.6 is 0 Å². The largest absolute Gasteiger partial charge is 0.380 e. The molecule has 2 fully saturated rings. The molecule has 0 spiro atoms. The van der Waals surface area contributed by atoms with Crippen molar-refractivity contribution in [2.45, 2.75) is 63.6 Å². The number of ether oxygens (including phenoxy) is 1. The molecule has 0 aromatic heterocycles. The van der Waals surface area contributed by atoms with Crippen LogP contribution in [0.5, 0.6) is 0 Å². The van der Waals surface area contributed by atoms with Crippen LogP contribution < -0.4 is 11.1 Å². The van der Waals surface area contributed by atoms with Crippen molar-refractivity contribution in [3.05, 3.63) is 0 Å². The number of rotatable bonds is 7. The minimum atomic E-state index is -0.492. The van der Waals surface area contributed by atoms with Gasteiger partial charge in [0.15, 0.2) is 0 Å². The molecule has 3 unspecified atom stereocenters. The van der Waals surface area contributed by atoms with Gasteiger partial charge in [0.1, 0.15) is 5.54 Å². The second-order valence-electron chi connectivity index (χ2n) is 6.96. The number of amides is 1. The lowest BCUT2D eigenvalue weighted by Gasteiger charge is -2.36. The van der Waals surface area contributed by atoms with Crippen LogP contribution in [0.4, 0.5) is 0 Å². The number of primary amides is 1. The molecule has 3 N–H and O–H groups in total. The number of hydrogen-bond donors (Lipinski definition) is 2. The van der Waals surface area contributed by atoms with Crippen LogP contribution in [0.2, 0.25) is 0 Å². The fourth-order valence-electron chi connectivity index (χ4n) is 4.10. The van der Waals surface area contributed by atoms with Gasteiger partial charge < -0.3 is 20.7 Å². The van der Waals surface area contributed by atoms with Crippen LogP contribution in [0.15, 0.2) is 0 Å². The van der Waals surface area contributed by atoms with Crippen molar-refractivity contribution in [3.63, 3.8) is 0 Å². The smallest absolute Gasteiger partial charge is 0.238 e. The highest BCUT2D eigenvalue weighted by molar-refractivity contribution is 5.85. The van der Waals surface area contributed by atoms with Gasteiger partial charge in [-0.25, -0.2) is 0 Å². The Kier molecular flexibility index (Phi) is 5.63. The van der Waals surface area contributed by atoms with Gasteiger partial charge in [0.25, 0.3) is 0 Å². The average Bonchev–Trinajstić information content (AvgIpc) is 3.03. The Labute approximate surface area is 128 Å². The summed E-state index contributed by atoms with van der Waals surface area (Å²) in [6, 6.07) is 0.280. The van der Waals surface area contributed by atoms with Gasteiger partial charge in [-0.2, -0.15) is 0 Å². The van der Waals surface area contributed by atoms with E-state index < -0.39 is 5.54 Å². The molecule has 0 radical (unpaired) electrons. The van der Waals surface area contributed by atoms with E-state index in [9.17, 15) is 4.79 Å². The highest BCUT2D eigenvalue weighted by Crippen LogP contribution is 2.38. The zero-order valence-corrected chi connectivity index (χ0v) is 13.7. The number of carbonyl (C=O) groups is 1. The fraction of sp³-hybridized carbons (Fsp3) is 0.938. The first-order chi connectivity index (χ1) is 9.98. The predicted molar refractivity (Wildman–Crippen MR) is 84.0 cm³/mol. The van der Waals surface area contributed by atoms with Gasteiger partial charge in [0.05, 0.1) is 6.10 Å². The van der Waals surface area contributed by atoms with Crippen molar-refractivity contribution < 1.29 is 9.53 Å². The Bertz CT molecular complexity index is 361. The van der Waals surface area contributed by atoms with Gasteiger partial charge >= 0.3 is 0 Å². The maximum Gasteiger partial charge on any atom is 0.238 e. The van der Waals surface area contributed by atoms with E-state index in [0.29, 0.717) is 12.0 Å². The number of methoxy groups -OCH3 is 1. The van der Waals surface area contributed by atoms with Crippen LogP contribution in [0.1, 0.15) is 46.0 Å². The molecule has 1 saturated carbocycles. The molecule has 21 heavy (non-hydrogen) atoms. The first-order valence-electron chi connectivity index (χ1n) is 8.30. The van der Waals surface area contributed by atoms with E-state index in [1.54, 1.807) is 7.11 Å². The molecule has 5 heteroatoms. The predicted octanol–water partition coefficient (Wildman–Crippen LogP) is 1.12. The number of carbonyl (C=O) groups excluding carboxylic acids is 1. The lowest BCUT2D eigenvalue weighted by atomic mass is 9.83. The maximum absolute atomic E-state index is 12.1. The molecule has 122 valence electrons. The van der Waals surface area contributed by atoms with Gasteiger partial charge in [-0.1, -0.05) is 6.42 Å². The summed E-state index contributed by atoms with van der Waals surface area (Å²) in [7, 11) is 1.79. The first kappa shape index (κ1) is 16.7. The standard InChI is InChI=1S/C16H31N3O2/c1-12(2)18-16(15(17)20)8-4-5-13(16)6-9-19-10-7-14(11-19)21-3/h12-14,18H,4-11H2,1-3H3,(H2,17,20). The van der Waals surface area contributed by atoms with Crippen LogP contribution in [-0.2, 0) is 9.53 Å². The lowest BCUT2D eigenvalue weighted by molar-refractivity contribution is -0.126. The fourth-order valence-corrected chi connectivity index (χ4v) is 4.10. The highest BCUT2D eigenvalue weighted by atomic mass is 16.5. The number of nitrogens with one attached hydrogen (secondary N) is 1. The molecular formula is C16H31N3O2. The second kappa shape index (κ2) is 7.07. The van der Waals surface area contributed by atoms with E-state index in [4.69, 9.17) is 10.5 Å². The summed E-state index contributed by atoms with van der Waals surface area (Å²) in [5.74, 6) is 0.189. The van der Waals surface area contributed by atoms with E-state index in [2.05, 4.69) is 24.1 Å². The summed E-state index contributed by atoms with van der Waals surface area (Å²) in [4.78, 5) is 14.5. The Balaban J connectivity index is 1.93. The zero-order valence-electron chi connectivity index (χ0n) is 13.7. The topological polar surface area (TPSA) is 67.6 Å². The number of nitrogens with zero attached hydrogens (tertiary/aromatic N) is 1. The van der Waals surface area contributed by atoms with E-state index >= 15 is 0 Å². The molecule has 1 heterocycles. The molecule has 1 amide bonds. The van der Waals surface area contributed by atoms with Crippen LogP contribution in [-0.4, -0.2) is 55.2 Å². The highest BCUT2D eigenvalue weighted by Gasteiger charge is 2.47. The molecule has 0 aromatic rings. The average molecular weight is 297 g/mol. The van der Waals surface area contributed by atoms with Crippen molar-refractivity contribution in [1.29, 1.82) is 0 Å². The van der Waals surface area contributed by atoms with Crippen LogP contribution in [0.25, 0.3) is 0 Å². The Morgan fingerprint density at radius 3 is 2.81 bits per heavy atom. The van der Waals surface area contributed by atoms with E-state index in [1.807, 2.05) is 0 Å². The number of likely N-dealkylation sites (tertiary alicyclic amines) is 1. The van der Waals surface area contributed by atoms with Crippen molar-refractivity contribution in [1.82, 2.24) is 10.2 Å². The molecule has 1 aliphatic carbocycles. The quantitative estimate of drug-likeness (QED) is 0.739. The van der Waals surface area contributed by atoms with Gasteiger partial charge in [-0.15, -0.1) is 0 Å². The third-order valence-electron chi connectivity index (χ3n) is 5.16. The SMILES string of the molecule is COC1CCN(CCC2CCCC2(NC(C)C)C(N)=O)C1. The molecule has 0 aromatic carbocycles. The lowest BCUT2D eigenvalue weighted by Crippen LogP contribution is -2.60. The third-order valence-corrected chi connectivity index (χ3v) is 5.16. The van der Waals surface area contributed by atoms with Gasteiger partial charge in [0, 0.05) is 26.2 Å². The number of nitrogens with two attached hydrogens (primary N) is 1. The first-order valence-corrected chi connectivity index (χ1v) is 8.30. The molecule has 0 bridgehead atoms. The van der Waals surface area contributed by atoms with Gasteiger partial charge in [-0.05, 0) is 52.0 Å². The van der Waals surface area contributed by atoms with Gasteiger partial charge in [0.2, 0.25) is 5.91 Å². The molecular weight excluding hydrogens is 266 g/mol.